The van der Waals surface area contributed by atoms with Gasteiger partial charge in [0.15, 0.2) is 5.78 Å². The fourth-order valence-corrected chi connectivity index (χ4v) is 3.09. The molecule has 0 saturated carbocycles. The van der Waals surface area contributed by atoms with E-state index in [4.69, 9.17) is 0 Å². The molecule has 2 rings (SSSR count). The van der Waals surface area contributed by atoms with Crippen LogP contribution in [0.2, 0.25) is 0 Å². The number of hydrogen-bond acceptors (Lipinski definition) is 3. The number of ketones is 1. The van der Waals surface area contributed by atoms with Gasteiger partial charge in [-0.15, -0.1) is 0 Å². The molecule has 0 unspecified atom stereocenters. The summed E-state index contributed by atoms with van der Waals surface area (Å²) in [6, 6.07) is 9.81. The fourth-order valence-electron chi connectivity index (χ4n) is 1.96. The zero-order valence-electron chi connectivity index (χ0n) is 9.80. The molecule has 0 spiro atoms. The molecule has 0 aromatic heterocycles. The normalized spacial score (nSPS) is 18.1. The summed E-state index contributed by atoms with van der Waals surface area (Å²) in [4.78, 5) is 13.9. The van der Waals surface area contributed by atoms with E-state index >= 15 is 0 Å². The summed E-state index contributed by atoms with van der Waals surface area (Å²) in [7, 11) is -0.667. The standard InChI is InChI=1S/C13H17NO2S/c15-13(10-12-4-2-1-3-5-12)11-14-6-8-17(16)9-7-14/h1-5H,6-11H2. The summed E-state index contributed by atoms with van der Waals surface area (Å²) in [6.45, 7) is 2.06. The zero-order chi connectivity index (χ0) is 12.1. The van der Waals surface area contributed by atoms with Crippen molar-refractivity contribution in [3.63, 3.8) is 0 Å². The Hall–Kier alpha value is -1.00. The fraction of sp³-hybridized carbons (Fsp3) is 0.462. The van der Waals surface area contributed by atoms with Crippen LogP contribution < -0.4 is 0 Å². The van der Waals surface area contributed by atoms with Gasteiger partial charge in [0.1, 0.15) is 0 Å². The Morgan fingerprint density at radius 2 is 1.82 bits per heavy atom. The van der Waals surface area contributed by atoms with E-state index < -0.39 is 10.8 Å². The topological polar surface area (TPSA) is 37.4 Å². The summed E-state index contributed by atoms with van der Waals surface area (Å²) in [6.07, 6.45) is 0.500. The second-order valence-electron chi connectivity index (χ2n) is 4.33. The van der Waals surface area contributed by atoms with Crippen molar-refractivity contribution >= 4 is 16.6 Å². The summed E-state index contributed by atoms with van der Waals surface area (Å²) in [5.74, 6) is 1.65. The Kier molecular flexibility index (Phi) is 4.45. The molecular weight excluding hydrogens is 234 g/mol. The molecule has 0 radical (unpaired) electrons. The monoisotopic (exact) mass is 251 g/mol. The first kappa shape index (κ1) is 12.5. The van der Waals surface area contributed by atoms with Crippen molar-refractivity contribution in [1.82, 2.24) is 4.90 Å². The Morgan fingerprint density at radius 3 is 2.47 bits per heavy atom. The molecule has 0 bridgehead atoms. The predicted molar refractivity (Wildman–Crippen MR) is 69.5 cm³/mol. The lowest BCUT2D eigenvalue weighted by atomic mass is 10.1. The Morgan fingerprint density at radius 1 is 1.18 bits per heavy atom. The SMILES string of the molecule is O=C(Cc1ccccc1)CN1CCS(=O)CC1. The molecule has 1 aromatic rings. The van der Waals surface area contributed by atoms with E-state index in [0.717, 1.165) is 18.7 Å². The lowest BCUT2D eigenvalue weighted by Gasteiger charge is -2.25. The van der Waals surface area contributed by atoms with Crippen LogP contribution >= 0.6 is 0 Å². The number of rotatable bonds is 4. The highest BCUT2D eigenvalue weighted by Crippen LogP contribution is 2.04. The highest BCUT2D eigenvalue weighted by atomic mass is 32.2. The summed E-state index contributed by atoms with van der Waals surface area (Å²) in [5, 5.41) is 0. The van der Waals surface area contributed by atoms with Gasteiger partial charge in [0.25, 0.3) is 0 Å². The van der Waals surface area contributed by atoms with Crippen LogP contribution in [0.4, 0.5) is 0 Å². The predicted octanol–water partition coefficient (Wildman–Crippen LogP) is 0.863. The van der Waals surface area contributed by atoms with Crippen LogP contribution in [-0.4, -0.2) is 46.0 Å². The van der Waals surface area contributed by atoms with Crippen molar-refractivity contribution in [1.29, 1.82) is 0 Å². The van der Waals surface area contributed by atoms with Crippen LogP contribution in [0.1, 0.15) is 5.56 Å². The molecule has 1 aromatic carbocycles. The van der Waals surface area contributed by atoms with E-state index in [-0.39, 0.29) is 5.78 Å². The molecule has 0 amide bonds. The van der Waals surface area contributed by atoms with Crippen LogP contribution in [0, 0.1) is 0 Å². The molecule has 1 heterocycles. The second kappa shape index (κ2) is 6.07. The van der Waals surface area contributed by atoms with Gasteiger partial charge in [-0.25, -0.2) is 0 Å². The number of carbonyl (C=O) groups is 1. The maximum atomic E-state index is 11.8. The van der Waals surface area contributed by atoms with Gasteiger partial charge >= 0.3 is 0 Å². The zero-order valence-corrected chi connectivity index (χ0v) is 10.6. The highest BCUT2D eigenvalue weighted by Gasteiger charge is 2.17. The maximum Gasteiger partial charge on any atom is 0.151 e. The molecule has 0 N–H and O–H groups in total. The molecule has 0 aliphatic carbocycles. The maximum absolute atomic E-state index is 11.8. The van der Waals surface area contributed by atoms with Crippen LogP contribution in [0.3, 0.4) is 0 Å². The van der Waals surface area contributed by atoms with Gasteiger partial charge in [0.2, 0.25) is 0 Å². The highest BCUT2D eigenvalue weighted by molar-refractivity contribution is 7.85. The van der Waals surface area contributed by atoms with Crippen molar-refractivity contribution in [3.05, 3.63) is 35.9 Å². The Bertz CT molecular complexity index is 395. The molecular formula is C13H17NO2S. The average molecular weight is 251 g/mol. The van der Waals surface area contributed by atoms with Crippen LogP contribution in [-0.2, 0) is 22.0 Å². The van der Waals surface area contributed by atoms with Crippen molar-refractivity contribution in [2.45, 2.75) is 6.42 Å². The Labute approximate surface area is 104 Å². The lowest BCUT2D eigenvalue weighted by Crippen LogP contribution is -2.41. The third-order valence-electron chi connectivity index (χ3n) is 2.91. The van der Waals surface area contributed by atoms with E-state index in [0.29, 0.717) is 24.5 Å². The van der Waals surface area contributed by atoms with E-state index in [1.807, 2.05) is 30.3 Å². The number of Topliss-reactive ketones (excluding diaryl/α,β-unsaturated/α-hetero) is 1. The van der Waals surface area contributed by atoms with E-state index in [1.54, 1.807) is 0 Å². The number of hydrogen-bond donors (Lipinski definition) is 0. The molecule has 92 valence electrons. The number of benzene rings is 1. The van der Waals surface area contributed by atoms with Crippen LogP contribution in [0.25, 0.3) is 0 Å². The van der Waals surface area contributed by atoms with Gasteiger partial charge in [-0.2, -0.15) is 0 Å². The minimum atomic E-state index is -0.667. The van der Waals surface area contributed by atoms with E-state index in [2.05, 4.69) is 4.90 Å². The molecule has 0 atom stereocenters. The molecule has 1 aliphatic rings. The van der Waals surface area contributed by atoms with Gasteiger partial charge in [-0.05, 0) is 5.56 Å². The van der Waals surface area contributed by atoms with Gasteiger partial charge in [-0.3, -0.25) is 13.9 Å². The van der Waals surface area contributed by atoms with Gasteiger partial charge in [0.05, 0.1) is 6.54 Å². The number of nitrogens with zero attached hydrogens (tertiary/aromatic N) is 1. The molecule has 1 saturated heterocycles. The molecule has 3 nitrogen and oxygen atoms in total. The van der Waals surface area contributed by atoms with Gasteiger partial charge < -0.3 is 0 Å². The first-order chi connectivity index (χ1) is 8.24. The van der Waals surface area contributed by atoms with Crippen molar-refractivity contribution in [2.75, 3.05) is 31.1 Å². The Balaban J connectivity index is 1.80. The lowest BCUT2D eigenvalue weighted by molar-refractivity contribution is -0.119. The van der Waals surface area contributed by atoms with E-state index in [9.17, 15) is 9.00 Å². The quantitative estimate of drug-likeness (QED) is 0.796. The smallest absolute Gasteiger partial charge is 0.151 e. The average Bonchev–Trinajstić information content (AvgIpc) is 2.33. The minimum Gasteiger partial charge on any atom is -0.298 e. The third-order valence-corrected chi connectivity index (χ3v) is 4.19. The summed E-state index contributed by atoms with van der Waals surface area (Å²) >= 11 is 0. The summed E-state index contributed by atoms with van der Waals surface area (Å²) in [5.41, 5.74) is 1.07. The van der Waals surface area contributed by atoms with Gasteiger partial charge in [0, 0.05) is 41.8 Å². The third kappa shape index (κ3) is 4.06. The second-order valence-corrected chi connectivity index (χ2v) is 6.02. The number of carbonyl (C=O) groups excluding carboxylic acids is 1. The van der Waals surface area contributed by atoms with Crippen LogP contribution in [0.5, 0.6) is 0 Å². The van der Waals surface area contributed by atoms with Gasteiger partial charge in [-0.1, -0.05) is 30.3 Å². The first-order valence-electron chi connectivity index (χ1n) is 5.87. The van der Waals surface area contributed by atoms with Crippen LogP contribution in [0.15, 0.2) is 30.3 Å². The first-order valence-corrected chi connectivity index (χ1v) is 7.36. The minimum absolute atomic E-state index is 0.240. The van der Waals surface area contributed by atoms with Crippen molar-refractivity contribution in [2.24, 2.45) is 0 Å². The largest absolute Gasteiger partial charge is 0.298 e. The van der Waals surface area contributed by atoms with Crippen molar-refractivity contribution in [3.8, 4) is 0 Å². The van der Waals surface area contributed by atoms with Crippen molar-refractivity contribution < 1.29 is 9.00 Å². The molecule has 1 fully saturated rings. The molecule has 1 aliphatic heterocycles. The summed E-state index contributed by atoms with van der Waals surface area (Å²) < 4.78 is 11.2. The molecule has 4 heteroatoms. The molecule has 17 heavy (non-hydrogen) atoms. The van der Waals surface area contributed by atoms with E-state index in [1.165, 1.54) is 0 Å².